The average molecular weight is 331 g/mol. The third kappa shape index (κ3) is 5.82. The minimum atomic E-state index is 0.706. The SMILES string of the molecule is CCCN1CCC(CN=C(NCC)N(C)Cc2ccc(C)cc2)C1. The highest BCUT2D eigenvalue weighted by Gasteiger charge is 2.21. The third-order valence-electron chi connectivity index (χ3n) is 4.65. The number of aryl methyl sites for hydroxylation is 1. The number of hydrogen-bond donors (Lipinski definition) is 1. The Hall–Kier alpha value is -1.55. The van der Waals surface area contributed by atoms with Crippen molar-refractivity contribution >= 4 is 5.96 Å². The van der Waals surface area contributed by atoms with Crippen molar-refractivity contribution < 1.29 is 0 Å². The molecule has 1 saturated heterocycles. The van der Waals surface area contributed by atoms with Gasteiger partial charge in [0.25, 0.3) is 0 Å². The Bertz CT molecular complexity index is 509. The van der Waals surface area contributed by atoms with Crippen molar-refractivity contribution in [1.82, 2.24) is 15.1 Å². The number of rotatable bonds is 7. The van der Waals surface area contributed by atoms with Crippen LogP contribution in [0.5, 0.6) is 0 Å². The maximum atomic E-state index is 4.91. The van der Waals surface area contributed by atoms with Gasteiger partial charge in [0.15, 0.2) is 5.96 Å². The predicted molar refractivity (Wildman–Crippen MR) is 103 cm³/mol. The zero-order valence-corrected chi connectivity index (χ0v) is 15.9. The fourth-order valence-electron chi connectivity index (χ4n) is 3.31. The van der Waals surface area contributed by atoms with E-state index in [4.69, 9.17) is 4.99 Å². The van der Waals surface area contributed by atoms with Crippen LogP contribution >= 0.6 is 0 Å². The minimum absolute atomic E-state index is 0.706. The molecule has 0 saturated carbocycles. The molecule has 0 bridgehead atoms. The van der Waals surface area contributed by atoms with Gasteiger partial charge < -0.3 is 15.1 Å². The Morgan fingerprint density at radius 2 is 2.04 bits per heavy atom. The van der Waals surface area contributed by atoms with Crippen molar-refractivity contribution in [2.24, 2.45) is 10.9 Å². The number of likely N-dealkylation sites (tertiary alicyclic amines) is 1. The van der Waals surface area contributed by atoms with Gasteiger partial charge in [0, 0.05) is 33.2 Å². The van der Waals surface area contributed by atoms with Crippen molar-refractivity contribution in [1.29, 1.82) is 0 Å². The van der Waals surface area contributed by atoms with E-state index in [-0.39, 0.29) is 0 Å². The Labute approximate surface area is 147 Å². The monoisotopic (exact) mass is 330 g/mol. The zero-order chi connectivity index (χ0) is 17.4. The maximum absolute atomic E-state index is 4.91. The highest BCUT2D eigenvalue weighted by molar-refractivity contribution is 5.79. The molecule has 0 aliphatic carbocycles. The Kier molecular flexibility index (Phi) is 7.57. The molecule has 1 heterocycles. The first kappa shape index (κ1) is 18.8. The third-order valence-corrected chi connectivity index (χ3v) is 4.65. The summed E-state index contributed by atoms with van der Waals surface area (Å²) in [6.45, 7) is 12.9. The maximum Gasteiger partial charge on any atom is 0.193 e. The van der Waals surface area contributed by atoms with Gasteiger partial charge in [-0.15, -0.1) is 0 Å². The Morgan fingerprint density at radius 1 is 1.29 bits per heavy atom. The summed E-state index contributed by atoms with van der Waals surface area (Å²) in [7, 11) is 2.12. The molecule has 2 rings (SSSR count). The van der Waals surface area contributed by atoms with Crippen LogP contribution in [0.3, 0.4) is 0 Å². The first-order chi connectivity index (χ1) is 11.6. The molecule has 1 aromatic carbocycles. The quantitative estimate of drug-likeness (QED) is 0.615. The number of hydrogen-bond acceptors (Lipinski definition) is 2. The lowest BCUT2D eigenvalue weighted by atomic mass is 10.1. The molecule has 0 amide bonds. The molecule has 0 aromatic heterocycles. The van der Waals surface area contributed by atoms with E-state index in [2.05, 4.69) is 67.2 Å². The summed E-state index contributed by atoms with van der Waals surface area (Å²) in [5.74, 6) is 1.73. The van der Waals surface area contributed by atoms with Crippen molar-refractivity contribution in [3.05, 3.63) is 35.4 Å². The summed E-state index contributed by atoms with van der Waals surface area (Å²) < 4.78 is 0. The van der Waals surface area contributed by atoms with Crippen LogP contribution in [0.25, 0.3) is 0 Å². The highest BCUT2D eigenvalue weighted by atomic mass is 15.3. The number of aliphatic imine (C=N–C) groups is 1. The van der Waals surface area contributed by atoms with Gasteiger partial charge in [0.05, 0.1) is 0 Å². The fourth-order valence-corrected chi connectivity index (χ4v) is 3.31. The van der Waals surface area contributed by atoms with E-state index in [1.807, 2.05) is 0 Å². The number of nitrogens with zero attached hydrogens (tertiary/aromatic N) is 3. The van der Waals surface area contributed by atoms with Crippen molar-refractivity contribution in [3.8, 4) is 0 Å². The van der Waals surface area contributed by atoms with Gasteiger partial charge in [0.2, 0.25) is 0 Å². The van der Waals surface area contributed by atoms with Crippen molar-refractivity contribution in [2.75, 3.05) is 39.8 Å². The molecule has 0 spiro atoms. The molecule has 4 nitrogen and oxygen atoms in total. The summed E-state index contributed by atoms with van der Waals surface area (Å²) in [4.78, 5) is 9.71. The molecule has 1 N–H and O–H groups in total. The molecular weight excluding hydrogens is 296 g/mol. The van der Waals surface area contributed by atoms with Gasteiger partial charge >= 0.3 is 0 Å². The fraction of sp³-hybridized carbons (Fsp3) is 0.650. The lowest BCUT2D eigenvalue weighted by Crippen LogP contribution is -2.39. The summed E-state index contributed by atoms with van der Waals surface area (Å²) in [6, 6.07) is 8.76. The van der Waals surface area contributed by atoms with Crippen LogP contribution in [0.15, 0.2) is 29.3 Å². The predicted octanol–water partition coefficient (Wildman–Crippen LogP) is 3.12. The van der Waals surface area contributed by atoms with E-state index in [1.54, 1.807) is 0 Å². The van der Waals surface area contributed by atoms with Gasteiger partial charge in [-0.1, -0.05) is 36.8 Å². The number of guanidine groups is 1. The molecule has 1 unspecified atom stereocenters. The first-order valence-electron chi connectivity index (χ1n) is 9.39. The smallest absolute Gasteiger partial charge is 0.193 e. The van der Waals surface area contributed by atoms with Crippen LogP contribution in [-0.2, 0) is 6.54 Å². The largest absolute Gasteiger partial charge is 0.357 e. The van der Waals surface area contributed by atoms with Crippen LogP contribution < -0.4 is 5.32 Å². The second-order valence-electron chi connectivity index (χ2n) is 6.99. The standard InChI is InChI=1S/C20H34N4/c1-5-12-24-13-11-19(16-24)14-22-20(21-6-2)23(4)15-18-9-7-17(3)8-10-18/h7-10,19H,5-6,11-16H2,1-4H3,(H,21,22). The molecule has 24 heavy (non-hydrogen) atoms. The topological polar surface area (TPSA) is 30.9 Å². The summed E-state index contributed by atoms with van der Waals surface area (Å²) >= 11 is 0. The molecule has 4 heteroatoms. The second kappa shape index (κ2) is 9.67. The summed E-state index contributed by atoms with van der Waals surface area (Å²) in [5.41, 5.74) is 2.63. The van der Waals surface area contributed by atoms with Gasteiger partial charge in [0.1, 0.15) is 0 Å². The lowest BCUT2D eigenvalue weighted by Gasteiger charge is -2.23. The highest BCUT2D eigenvalue weighted by Crippen LogP contribution is 2.16. The number of benzene rings is 1. The van der Waals surface area contributed by atoms with Crippen LogP contribution in [0, 0.1) is 12.8 Å². The molecule has 1 aromatic rings. The van der Waals surface area contributed by atoms with E-state index in [0.29, 0.717) is 5.92 Å². The molecule has 1 atom stereocenters. The van der Waals surface area contributed by atoms with Gasteiger partial charge in [-0.2, -0.15) is 0 Å². The van der Waals surface area contributed by atoms with Crippen LogP contribution in [0.2, 0.25) is 0 Å². The van der Waals surface area contributed by atoms with Crippen LogP contribution in [0.4, 0.5) is 0 Å². The van der Waals surface area contributed by atoms with E-state index in [0.717, 1.165) is 25.6 Å². The number of nitrogens with one attached hydrogen (secondary N) is 1. The van der Waals surface area contributed by atoms with Crippen LogP contribution in [-0.4, -0.2) is 55.5 Å². The molecule has 0 radical (unpaired) electrons. The van der Waals surface area contributed by atoms with E-state index >= 15 is 0 Å². The zero-order valence-electron chi connectivity index (χ0n) is 15.9. The summed E-state index contributed by atoms with van der Waals surface area (Å²) in [6.07, 6.45) is 2.53. The summed E-state index contributed by atoms with van der Waals surface area (Å²) in [5, 5.41) is 3.44. The van der Waals surface area contributed by atoms with Gasteiger partial charge in [-0.05, 0) is 51.3 Å². The molecule has 1 aliphatic heterocycles. The Morgan fingerprint density at radius 3 is 2.71 bits per heavy atom. The first-order valence-corrected chi connectivity index (χ1v) is 9.39. The second-order valence-corrected chi connectivity index (χ2v) is 6.99. The average Bonchev–Trinajstić information content (AvgIpc) is 3.01. The van der Waals surface area contributed by atoms with E-state index < -0.39 is 0 Å². The molecule has 1 aliphatic rings. The molecule has 1 fully saturated rings. The molecular formula is C20H34N4. The van der Waals surface area contributed by atoms with Gasteiger partial charge in [-0.3, -0.25) is 4.99 Å². The minimum Gasteiger partial charge on any atom is -0.357 e. The molecule has 134 valence electrons. The lowest BCUT2D eigenvalue weighted by molar-refractivity contribution is 0.326. The van der Waals surface area contributed by atoms with Gasteiger partial charge in [-0.25, -0.2) is 0 Å². The van der Waals surface area contributed by atoms with Crippen molar-refractivity contribution in [3.63, 3.8) is 0 Å². The van der Waals surface area contributed by atoms with Crippen LogP contribution in [0.1, 0.15) is 37.8 Å². The normalized spacial score (nSPS) is 18.8. The van der Waals surface area contributed by atoms with Crippen molar-refractivity contribution in [2.45, 2.75) is 40.2 Å². The Balaban J connectivity index is 1.91. The van der Waals surface area contributed by atoms with E-state index in [1.165, 1.54) is 43.6 Å². The van der Waals surface area contributed by atoms with E-state index in [9.17, 15) is 0 Å².